The van der Waals surface area contributed by atoms with E-state index >= 15 is 0 Å². The van der Waals surface area contributed by atoms with E-state index in [1.165, 1.54) is 5.56 Å². The van der Waals surface area contributed by atoms with Gasteiger partial charge in [-0.3, -0.25) is 0 Å². The molecule has 218 valence electrons. The summed E-state index contributed by atoms with van der Waals surface area (Å²) in [5.41, 5.74) is -0.0691. The van der Waals surface area contributed by atoms with Gasteiger partial charge in [0.05, 0.1) is 25.4 Å². The van der Waals surface area contributed by atoms with Crippen molar-refractivity contribution in [2.24, 2.45) is 35.0 Å². The van der Waals surface area contributed by atoms with Gasteiger partial charge >= 0.3 is 0 Å². The Kier molecular flexibility index (Phi) is 7.16. The Morgan fingerprint density at radius 1 is 1.05 bits per heavy atom. The van der Waals surface area contributed by atoms with Crippen LogP contribution in [-0.4, -0.2) is 58.7 Å². The monoisotopic (exact) mass is 550 g/mol. The zero-order valence-electron chi connectivity index (χ0n) is 24.3. The van der Waals surface area contributed by atoms with Gasteiger partial charge in [0.25, 0.3) is 0 Å². The maximum Gasteiger partial charge on any atom is 0.178 e. The van der Waals surface area contributed by atoms with E-state index in [1.54, 1.807) is 0 Å². The van der Waals surface area contributed by atoms with Gasteiger partial charge in [0.1, 0.15) is 18.0 Å². The topological polar surface area (TPSA) is 88.4 Å². The molecule has 40 heavy (non-hydrogen) atoms. The molecule has 5 aliphatic rings. The van der Waals surface area contributed by atoms with Gasteiger partial charge in [-0.05, 0) is 80.6 Å². The second kappa shape index (κ2) is 10.1. The maximum atomic E-state index is 12.5. The summed E-state index contributed by atoms with van der Waals surface area (Å²) in [5, 5.41) is 33.5. The molecule has 0 bridgehead atoms. The number of rotatable bonds is 4. The fraction of sp³-hybridized carbons (Fsp3) is 0.706. The molecule has 6 heteroatoms. The third-order valence-electron chi connectivity index (χ3n) is 11.9. The molecule has 9 atom stereocenters. The molecule has 1 aromatic rings. The van der Waals surface area contributed by atoms with Crippen LogP contribution in [0.2, 0.25) is 0 Å². The van der Waals surface area contributed by atoms with Crippen LogP contribution in [0.4, 0.5) is 0 Å². The number of hydrogen-bond donors (Lipinski definition) is 3. The van der Waals surface area contributed by atoms with E-state index in [1.807, 2.05) is 6.92 Å². The Labute approximate surface area is 239 Å². The standard InChI is InChI=1S/C34H46O6/c1-5-38-23(3)24-7-9-25(10-8-24)29-20-30-26-11-14-31(4)28(12-15-32(31,36)13-6-16-35)27(26)19-22(2)33(30,37)21-34(29)39-17-18-40-34/h7-10,22,26-30,35-37H,3,5,11-12,14-21H2,1-2,4H3/t22-,26+,27-,28+,29?,30-,31+,32+,33+/m1/s1. The largest absolute Gasteiger partial charge is 0.494 e. The predicted molar refractivity (Wildman–Crippen MR) is 153 cm³/mol. The lowest BCUT2D eigenvalue weighted by Crippen LogP contribution is -2.65. The van der Waals surface area contributed by atoms with Gasteiger partial charge in [-0.15, -0.1) is 0 Å². The van der Waals surface area contributed by atoms with E-state index in [9.17, 15) is 15.3 Å². The molecule has 4 saturated carbocycles. The molecule has 5 fully saturated rings. The molecule has 1 saturated heterocycles. The van der Waals surface area contributed by atoms with E-state index in [0.29, 0.717) is 56.2 Å². The van der Waals surface area contributed by atoms with Crippen LogP contribution in [0.15, 0.2) is 30.8 Å². The first-order valence-corrected chi connectivity index (χ1v) is 15.4. The molecule has 1 aromatic carbocycles. The average Bonchev–Trinajstić information content (AvgIpc) is 3.50. The van der Waals surface area contributed by atoms with Crippen molar-refractivity contribution in [1.29, 1.82) is 0 Å². The Balaban J connectivity index is 1.33. The van der Waals surface area contributed by atoms with E-state index in [4.69, 9.17) is 14.2 Å². The minimum Gasteiger partial charge on any atom is -0.494 e. The second-order valence-corrected chi connectivity index (χ2v) is 13.4. The van der Waals surface area contributed by atoms with Crippen molar-refractivity contribution in [3.8, 4) is 11.8 Å². The van der Waals surface area contributed by atoms with Gasteiger partial charge in [0.15, 0.2) is 5.79 Å². The normalized spacial score (nSPS) is 43.2. The summed E-state index contributed by atoms with van der Waals surface area (Å²) in [4.78, 5) is 0. The molecular formula is C34H46O6. The molecule has 0 radical (unpaired) electrons. The number of benzene rings is 1. The van der Waals surface area contributed by atoms with Crippen molar-refractivity contribution in [3.05, 3.63) is 42.0 Å². The SMILES string of the molecule is C=C(OCC)c1ccc(C2C[C@@H]3[C@H]4CC[C@@]5(C)[C@@H](CC[C@@]5(O)C#CCO)[C@@H]4C[C@@H](C)[C@@]3(O)CC23OCCO3)cc1. The third-order valence-corrected chi connectivity index (χ3v) is 11.9. The van der Waals surface area contributed by atoms with Gasteiger partial charge in [-0.1, -0.05) is 56.5 Å². The van der Waals surface area contributed by atoms with Gasteiger partial charge in [0.2, 0.25) is 0 Å². The zero-order chi connectivity index (χ0) is 28.3. The first-order valence-electron chi connectivity index (χ1n) is 15.4. The molecule has 4 aliphatic carbocycles. The zero-order valence-corrected chi connectivity index (χ0v) is 24.3. The van der Waals surface area contributed by atoms with Crippen molar-refractivity contribution in [1.82, 2.24) is 0 Å². The summed E-state index contributed by atoms with van der Waals surface area (Å²) in [6.07, 6.45) is 5.68. The summed E-state index contributed by atoms with van der Waals surface area (Å²) in [6.45, 7) is 11.9. The highest BCUT2D eigenvalue weighted by Gasteiger charge is 2.68. The molecule has 0 aromatic heterocycles. The molecule has 3 N–H and O–H groups in total. The van der Waals surface area contributed by atoms with Crippen molar-refractivity contribution >= 4 is 5.76 Å². The fourth-order valence-electron chi connectivity index (χ4n) is 9.87. The highest BCUT2D eigenvalue weighted by Crippen LogP contribution is 2.68. The molecule has 1 aliphatic heterocycles. The first-order chi connectivity index (χ1) is 19.1. The second-order valence-electron chi connectivity index (χ2n) is 13.4. The summed E-state index contributed by atoms with van der Waals surface area (Å²) in [5.74, 6) is 7.09. The van der Waals surface area contributed by atoms with Crippen molar-refractivity contribution in [3.63, 3.8) is 0 Å². The summed E-state index contributed by atoms with van der Waals surface area (Å²) >= 11 is 0. The summed E-state index contributed by atoms with van der Waals surface area (Å²) < 4.78 is 18.5. The van der Waals surface area contributed by atoms with Gasteiger partial charge in [-0.25, -0.2) is 0 Å². The minimum atomic E-state index is -1.06. The molecule has 1 unspecified atom stereocenters. The molecular weight excluding hydrogens is 504 g/mol. The van der Waals surface area contributed by atoms with Crippen LogP contribution in [0.25, 0.3) is 5.76 Å². The molecule has 1 heterocycles. The van der Waals surface area contributed by atoms with Crippen LogP contribution in [0, 0.1) is 46.8 Å². The van der Waals surface area contributed by atoms with Crippen LogP contribution in [0.5, 0.6) is 0 Å². The van der Waals surface area contributed by atoms with Crippen LogP contribution >= 0.6 is 0 Å². The number of ether oxygens (including phenoxy) is 3. The molecule has 1 spiro atoms. The predicted octanol–water partition coefficient (Wildman–Crippen LogP) is 4.87. The first kappa shape index (κ1) is 28.2. The minimum absolute atomic E-state index is 0.0184. The van der Waals surface area contributed by atoms with Crippen LogP contribution in [0.1, 0.15) is 82.8 Å². The van der Waals surface area contributed by atoms with Crippen LogP contribution < -0.4 is 0 Å². The van der Waals surface area contributed by atoms with E-state index in [2.05, 4.69) is 56.5 Å². The lowest BCUT2D eigenvalue weighted by molar-refractivity contribution is -0.280. The van der Waals surface area contributed by atoms with Crippen molar-refractivity contribution in [2.75, 3.05) is 26.4 Å². The number of aliphatic hydroxyl groups excluding tert-OH is 1. The van der Waals surface area contributed by atoms with Crippen molar-refractivity contribution < 1.29 is 29.5 Å². The quantitative estimate of drug-likeness (QED) is 0.366. The van der Waals surface area contributed by atoms with E-state index < -0.39 is 17.0 Å². The Bertz CT molecular complexity index is 1180. The molecule has 6 rings (SSSR count). The van der Waals surface area contributed by atoms with Crippen LogP contribution in [0.3, 0.4) is 0 Å². The highest BCUT2D eigenvalue weighted by atomic mass is 16.7. The Hall–Kier alpha value is -1.88. The average molecular weight is 551 g/mol. The van der Waals surface area contributed by atoms with E-state index in [-0.39, 0.29) is 29.8 Å². The third kappa shape index (κ3) is 4.11. The van der Waals surface area contributed by atoms with E-state index in [0.717, 1.165) is 37.7 Å². The van der Waals surface area contributed by atoms with Crippen LogP contribution in [-0.2, 0) is 14.2 Å². The Morgan fingerprint density at radius 2 is 1.77 bits per heavy atom. The lowest BCUT2D eigenvalue weighted by Gasteiger charge is -2.63. The maximum absolute atomic E-state index is 12.5. The van der Waals surface area contributed by atoms with Gasteiger partial charge in [0, 0.05) is 23.3 Å². The Morgan fingerprint density at radius 3 is 2.45 bits per heavy atom. The fourth-order valence-corrected chi connectivity index (χ4v) is 9.87. The van der Waals surface area contributed by atoms with Gasteiger partial charge in [-0.2, -0.15) is 0 Å². The molecule has 0 amide bonds. The molecule has 6 nitrogen and oxygen atoms in total. The van der Waals surface area contributed by atoms with Gasteiger partial charge < -0.3 is 29.5 Å². The summed E-state index contributed by atoms with van der Waals surface area (Å²) in [6, 6.07) is 8.45. The highest BCUT2D eigenvalue weighted by molar-refractivity contribution is 5.57. The number of aliphatic hydroxyl groups is 3. The number of fused-ring (bicyclic) bond motifs is 5. The van der Waals surface area contributed by atoms with Crippen molar-refractivity contribution in [2.45, 2.75) is 88.6 Å². The smallest absolute Gasteiger partial charge is 0.178 e. The summed E-state index contributed by atoms with van der Waals surface area (Å²) in [7, 11) is 0. The lowest BCUT2D eigenvalue weighted by atomic mass is 9.45. The number of hydrogen-bond acceptors (Lipinski definition) is 6.